The van der Waals surface area contributed by atoms with Gasteiger partial charge in [-0.3, -0.25) is 14.5 Å². The molecular formula is C22H26N2O3. The fourth-order valence-corrected chi connectivity index (χ4v) is 3.32. The largest absolute Gasteiger partial charge is 0.496 e. The second kappa shape index (κ2) is 8.82. The summed E-state index contributed by atoms with van der Waals surface area (Å²) in [5.74, 6) is 0.700. The van der Waals surface area contributed by atoms with Gasteiger partial charge in [0.25, 0.3) is 5.91 Å². The van der Waals surface area contributed by atoms with Crippen molar-refractivity contribution >= 4 is 11.7 Å². The molecule has 1 aliphatic rings. The Morgan fingerprint density at radius 1 is 0.963 bits per heavy atom. The Morgan fingerprint density at radius 2 is 1.63 bits per heavy atom. The van der Waals surface area contributed by atoms with E-state index in [1.807, 2.05) is 41.3 Å². The van der Waals surface area contributed by atoms with Gasteiger partial charge in [-0.2, -0.15) is 0 Å². The molecule has 27 heavy (non-hydrogen) atoms. The summed E-state index contributed by atoms with van der Waals surface area (Å²) in [6, 6.07) is 15.1. The zero-order chi connectivity index (χ0) is 19.2. The highest BCUT2D eigenvalue weighted by Crippen LogP contribution is 2.20. The van der Waals surface area contributed by atoms with Crippen LogP contribution in [-0.4, -0.2) is 61.3 Å². The van der Waals surface area contributed by atoms with Gasteiger partial charge in [-0.25, -0.2) is 0 Å². The van der Waals surface area contributed by atoms with Crippen molar-refractivity contribution in [1.82, 2.24) is 9.80 Å². The zero-order valence-electron chi connectivity index (χ0n) is 16.0. The summed E-state index contributed by atoms with van der Waals surface area (Å²) in [7, 11) is 1.57. The Balaban J connectivity index is 1.55. The molecule has 0 N–H and O–H groups in total. The van der Waals surface area contributed by atoms with Crippen molar-refractivity contribution in [3.8, 4) is 5.75 Å². The van der Waals surface area contributed by atoms with Gasteiger partial charge < -0.3 is 9.64 Å². The van der Waals surface area contributed by atoms with E-state index >= 15 is 0 Å². The fraction of sp³-hybridized carbons (Fsp3) is 0.364. The maximum atomic E-state index is 12.8. The third-order valence-corrected chi connectivity index (χ3v) is 5.05. The number of benzene rings is 2. The van der Waals surface area contributed by atoms with E-state index in [2.05, 4.69) is 11.8 Å². The number of methoxy groups -OCH3 is 1. The van der Waals surface area contributed by atoms with E-state index in [1.165, 1.54) is 5.56 Å². The van der Waals surface area contributed by atoms with Gasteiger partial charge >= 0.3 is 0 Å². The molecule has 0 radical (unpaired) electrons. The Labute approximate surface area is 160 Å². The number of ether oxygens (including phenoxy) is 1. The third kappa shape index (κ3) is 4.55. The molecule has 5 heteroatoms. The van der Waals surface area contributed by atoms with Gasteiger partial charge in [0, 0.05) is 31.7 Å². The molecule has 0 atom stereocenters. The molecule has 2 aromatic rings. The Bertz CT molecular complexity index is 793. The number of carbonyl (C=O) groups excluding carboxylic acids is 2. The summed E-state index contributed by atoms with van der Waals surface area (Å²) in [6.45, 7) is 5.10. The summed E-state index contributed by atoms with van der Waals surface area (Å²) in [4.78, 5) is 29.2. The average molecular weight is 366 g/mol. The zero-order valence-corrected chi connectivity index (χ0v) is 16.0. The van der Waals surface area contributed by atoms with Gasteiger partial charge in [-0.1, -0.05) is 43.3 Å². The quantitative estimate of drug-likeness (QED) is 0.738. The second-order valence-electron chi connectivity index (χ2n) is 6.74. The third-order valence-electron chi connectivity index (χ3n) is 5.05. The smallest absolute Gasteiger partial charge is 0.257 e. The average Bonchev–Trinajstić information content (AvgIpc) is 2.73. The minimum absolute atomic E-state index is 0.0198. The first-order valence-electron chi connectivity index (χ1n) is 9.39. The molecule has 1 aliphatic heterocycles. The molecule has 0 bridgehead atoms. The molecular weight excluding hydrogens is 340 g/mol. The molecule has 1 fully saturated rings. The van der Waals surface area contributed by atoms with E-state index in [4.69, 9.17) is 4.74 Å². The minimum Gasteiger partial charge on any atom is -0.496 e. The highest BCUT2D eigenvalue weighted by Gasteiger charge is 2.25. The number of rotatable bonds is 6. The van der Waals surface area contributed by atoms with Crippen LogP contribution in [0.15, 0.2) is 48.5 Å². The van der Waals surface area contributed by atoms with Crippen molar-refractivity contribution in [2.45, 2.75) is 13.3 Å². The number of carbonyl (C=O) groups is 2. The SMILES string of the molecule is CCc1ccc(C(=O)CN2CCN(C(=O)c3ccccc3OC)CC2)cc1. The number of nitrogens with zero attached hydrogens (tertiary/aromatic N) is 2. The van der Waals surface area contributed by atoms with Crippen molar-refractivity contribution in [2.24, 2.45) is 0 Å². The maximum absolute atomic E-state index is 12.8. The number of hydrogen-bond acceptors (Lipinski definition) is 4. The second-order valence-corrected chi connectivity index (χ2v) is 6.74. The molecule has 3 rings (SSSR count). The molecule has 0 aromatic heterocycles. The first kappa shape index (κ1) is 19.1. The normalized spacial score (nSPS) is 14.8. The van der Waals surface area contributed by atoms with E-state index in [-0.39, 0.29) is 11.7 Å². The van der Waals surface area contributed by atoms with Crippen LogP contribution in [0.4, 0.5) is 0 Å². The lowest BCUT2D eigenvalue weighted by Crippen LogP contribution is -2.49. The number of piperazine rings is 1. The van der Waals surface area contributed by atoms with Crippen LogP contribution in [0.3, 0.4) is 0 Å². The van der Waals surface area contributed by atoms with E-state index in [0.29, 0.717) is 44.0 Å². The predicted octanol–water partition coefficient (Wildman–Crippen LogP) is 2.90. The fourth-order valence-electron chi connectivity index (χ4n) is 3.32. The van der Waals surface area contributed by atoms with Crippen LogP contribution < -0.4 is 4.74 Å². The number of para-hydroxylation sites is 1. The first-order valence-corrected chi connectivity index (χ1v) is 9.39. The lowest BCUT2D eigenvalue weighted by atomic mass is 10.1. The van der Waals surface area contributed by atoms with E-state index in [0.717, 1.165) is 12.0 Å². The number of Topliss-reactive ketones (excluding diaryl/α,β-unsaturated/α-hetero) is 1. The number of hydrogen-bond donors (Lipinski definition) is 0. The van der Waals surface area contributed by atoms with E-state index in [1.54, 1.807) is 19.2 Å². The van der Waals surface area contributed by atoms with E-state index in [9.17, 15) is 9.59 Å². The molecule has 1 amide bonds. The summed E-state index contributed by atoms with van der Waals surface area (Å²) >= 11 is 0. The molecule has 1 heterocycles. The van der Waals surface area contributed by atoms with Crippen LogP contribution in [0.5, 0.6) is 5.75 Å². The van der Waals surface area contributed by atoms with Gasteiger partial charge in [0.1, 0.15) is 5.75 Å². The highest BCUT2D eigenvalue weighted by molar-refractivity contribution is 5.98. The van der Waals surface area contributed by atoms with E-state index < -0.39 is 0 Å². The molecule has 0 aliphatic carbocycles. The van der Waals surface area contributed by atoms with Crippen LogP contribution in [0, 0.1) is 0 Å². The molecule has 0 unspecified atom stereocenters. The minimum atomic E-state index is -0.0198. The van der Waals surface area contributed by atoms with Gasteiger partial charge in [-0.15, -0.1) is 0 Å². The molecule has 0 spiro atoms. The van der Waals surface area contributed by atoms with Gasteiger partial charge in [0.15, 0.2) is 5.78 Å². The van der Waals surface area contributed by atoms with Crippen LogP contribution >= 0.6 is 0 Å². The summed E-state index contributed by atoms with van der Waals surface area (Å²) in [6.07, 6.45) is 0.969. The maximum Gasteiger partial charge on any atom is 0.257 e. The summed E-state index contributed by atoms with van der Waals surface area (Å²) < 4.78 is 5.29. The molecule has 5 nitrogen and oxygen atoms in total. The van der Waals surface area contributed by atoms with Gasteiger partial charge in [0.05, 0.1) is 19.2 Å². The van der Waals surface area contributed by atoms with Crippen molar-refractivity contribution in [1.29, 1.82) is 0 Å². The molecule has 142 valence electrons. The number of ketones is 1. The van der Waals surface area contributed by atoms with Crippen LogP contribution in [0.2, 0.25) is 0 Å². The van der Waals surface area contributed by atoms with Crippen molar-refractivity contribution in [2.75, 3.05) is 39.8 Å². The molecule has 2 aromatic carbocycles. The molecule has 1 saturated heterocycles. The Morgan fingerprint density at radius 3 is 2.26 bits per heavy atom. The van der Waals surface area contributed by atoms with Crippen molar-refractivity contribution in [3.63, 3.8) is 0 Å². The summed E-state index contributed by atoms with van der Waals surface area (Å²) in [5, 5.41) is 0. The van der Waals surface area contributed by atoms with Crippen LogP contribution in [-0.2, 0) is 6.42 Å². The highest BCUT2D eigenvalue weighted by atomic mass is 16.5. The number of amides is 1. The molecule has 0 saturated carbocycles. The van der Waals surface area contributed by atoms with Crippen molar-refractivity contribution < 1.29 is 14.3 Å². The van der Waals surface area contributed by atoms with Gasteiger partial charge in [0.2, 0.25) is 0 Å². The topological polar surface area (TPSA) is 49.9 Å². The monoisotopic (exact) mass is 366 g/mol. The first-order chi connectivity index (χ1) is 13.1. The lowest BCUT2D eigenvalue weighted by Gasteiger charge is -2.34. The number of aryl methyl sites for hydroxylation is 1. The van der Waals surface area contributed by atoms with Crippen LogP contribution in [0.1, 0.15) is 33.2 Å². The predicted molar refractivity (Wildman–Crippen MR) is 105 cm³/mol. The van der Waals surface area contributed by atoms with Crippen molar-refractivity contribution in [3.05, 3.63) is 65.2 Å². The Hall–Kier alpha value is -2.66. The standard InChI is InChI=1S/C22H26N2O3/c1-3-17-8-10-18(11-9-17)20(25)16-23-12-14-24(15-13-23)22(26)19-6-4-5-7-21(19)27-2/h4-11H,3,12-16H2,1-2H3. The lowest BCUT2D eigenvalue weighted by molar-refractivity contribution is 0.0621. The van der Waals surface area contributed by atoms with Crippen LogP contribution in [0.25, 0.3) is 0 Å². The van der Waals surface area contributed by atoms with Gasteiger partial charge in [-0.05, 0) is 24.1 Å². The summed E-state index contributed by atoms with van der Waals surface area (Å²) in [5.41, 5.74) is 2.57. The Kier molecular flexibility index (Phi) is 6.24.